The molecule has 2 rings (SSSR count). The van der Waals surface area contributed by atoms with E-state index in [1.54, 1.807) is 13.3 Å². The minimum Gasteiger partial charge on any atom is -0.493 e. The largest absolute Gasteiger partial charge is 0.493 e. The molecule has 0 radical (unpaired) electrons. The summed E-state index contributed by atoms with van der Waals surface area (Å²) >= 11 is 0. The van der Waals surface area contributed by atoms with E-state index in [0.29, 0.717) is 6.61 Å². The number of aromatic amines is 1. The summed E-state index contributed by atoms with van der Waals surface area (Å²) in [6, 6.07) is 6.00. The molecule has 0 amide bonds. The summed E-state index contributed by atoms with van der Waals surface area (Å²) in [7, 11) is 1.65. The molecule has 1 aromatic heterocycles. The van der Waals surface area contributed by atoms with Crippen LogP contribution in [0.15, 0.2) is 24.4 Å². The van der Waals surface area contributed by atoms with Crippen molar-refractivity contribution in [2.24, 2.45) is 0 Å². The highest BCUT2D eigenvalue weighted by atomic mass is 16.5. The Kier molecular flexibility index (Phi) is 4.17. The fourth-order valence-electron chi connectivity index (χ4n) is 1.76. The Morgan fingerprint density at radius 2 is 2.11 bits per heavy atom. The van der Waals surface area contributed by atoms with E-state index in [0.717, 1.165) is 30.0 Å². The molecule has 0 unspecified atom stereocenters. The van der Waals surface area contributed by atoms with E-state index in [-0.39, 0.29) is 0 Å². The topological polar surface area (TPSA) is 60.0 Å². The van der Waals surface area contributed by atoms with Crippen LogP contribution in [0, 0.1) is 0 Å². The third-order valence-corrected chi connectivity index (χ3v) is 2.66. The molecule has 0 atom stereocenters. The Hall–Kier alpha value is -2.04. The number of hydrogen-bond acceptors (Lipinski definition) is 4. The molecule has 1 heterocycles. The van der Waals surface area contributed by atoms with Crippen molar-refractivity contribution in [2.45, 2.75) is 19.8 Å². The van der Waals surface area contributed by atoms with Crippen molar-refractivity contribution in [3.63, 3.8) is 0 Å². The predicted molar refractivity (Wildman–Crippen MR) is 68.0 cm³/mol. The van der Waals surface area contributed by atoms with E-state index >= 15 is 0 Å². The molecular formula is C13H17N3O2. The summed E-state index contributed by atoms with van der Waals surface area (Å²) in [5.74, 6) is 1.56. The molecule has 18 heavy (non-hydrogen) atoms. The minimum absolute atomic E-state index is 0.634. The molecule has 2 aromatic rings. The number of methoxy groups -OCH3 is 1. The van der Waals surface area contributed by atoms with Gasteiger partial charge in [0.05, 0.1) is 25.6 Å². The van der Waals surface area contributed by atoms with Gasteiger partial charge in [-0.25, -0.2) is 0 Å². The molecule has 1 aromatic carbocycles. The van der Waals surface area contributed by atoms with Crippen LogP contribution in [0.5, 0.6) is 11.5 Å². The van der Waals surface area contributed by atoms with Crippen molar-refractivity contribution in [1.29, 1.82) is 0 Å². The number of rotatable bonds is 6. The fourth-order valence-corrected chi connectivity index (χ4v) is 1.76. The first kappa shape index (κ1) is 12.4. The molecule has 0 aliphatic carbocycles. The lowest BCUT2D eigenvalue weighted by atomic mass is 10.1. The minimum atomic E-state index is 0.634. The highest BCUT2D eigenvalue weighted by Crippen LogP contribution is 2.28. The van der Waals surface area contributed by atoms with Crippen molar-refractivity contribution >= 4 is 0 Å². The summed E-state index contributed by atoms with van der Waals surface area (Å²) in [6.07, 6.45) is 3.49. The summed E-state index contributed by atoms with van der Waals surface area (Å²) in [4.78, 5) is 0. The molecule has 0 fully saturated rings. The SMILES string of the molecule is CCOc1ccc(CCc2cn[nH]n2)cc1OC. The summed E-state index contributed by atoms with van der Waals surface area (Å²) in [5, 5.41) is 10.4. The smallest absolute Gasteiger partial charge is 0.161 e. The standard InChI is InChI=1S/C13H17N3O2/c1-3-18-12-7-5-10(8-13(12)17-2)4-6-11-9-14-16-15-11/h5,7-9H,3-4,6H2,1-2H3,(H,14,15,16). The van der Waals surface area contributed by atoms with Crippen LogP contribution < -0.4 is 9.47 Å². The van der Waals surface area contributed by atoms with Gasteiger partial charge in [0, 0.05) is 0 Å². The molecular weight excluding hydrogens is 230 g/mol. The first-order valence-corrected chi connectivity index (χ1v) is 5.98. The number of aryl methyl sites for hydroxylation is 2. The first-order chi connectivity index (χ1) is 8.83. The zero-order valence-electron chi connectivity index (χ0n) is 10.6. The number of ether oxygens (including phenoxy) is 2. The van der Waals surface area contributed by atoms with Crippen molar-refractivity contribution in [3.05, 3.63) is 35.7 Å². The van der Waals surface area contributed by atoms with Gasteiger partial charge in [0.25, 0.3) is 0 Å². The van der Waals surface area contributed by atoms with Crippen molar-refractivity contribution in [1.82, 2.24) is 15.4 Å². The summed E-state index contributed by atoms with van der Waals surface area (Å²) < 4.78 is 10.8. The van der Waals surface area contributed by atoms with E-state index in [9.17, 15) is 0 Å². The van der Waals surface area contributed by atoms with Crippen LogP contribution in [0.25, 0.3) is 0 Å². The van der Waals surface area contributed by atoms with Crippen LogP contribution in [0.3, 0.4) is 0 Å². The lowest BCUT2D eigenvalue weighted by molar-refractivity contribution is 0.310. The van der Waals surface area contributed by atoms with Crippen molar-refractivity contribution in [3.8, 4) is 11.5 Å². The Balaban J connectivity index is 2.05. The third-order valence-electron chi connectivity index (χ3n) is 2.66. The molecule has 0 saturated carbocycles. The quantitative estimate of drug-likeness (QED) is 0.848. The average Bonchev–Trinajstić information content (AvgIpc) is 2.91. The maximum Gasteiger partial charge on any atom is 0.161 e. The average molecular weight is 247 g/mol. The fraction of sp³-hybridized carbons (Fsp3) is 0.385. The second-order valence-electron chi connectivity index (χ2n) is 3.88. The molecule has 0 spiro atoms. The van der Waals surface area contributed by atoms with Gasteiger partial charge in [0.2, 0.25) is 0 Å². The highest BCUT2D eigenvalue weighted by molar-refractivity contribution is 5.43. The second-order valence-corrected chi connectivity index (χ2v) is 3.88. The summed E-state index contributed by atoms with van der Waals surface area (Å²) in [5.41, 5.74) is 2.15. The molecule has 0 saturated heterocycles. The maximum atomic E-state index is 5.48. The lowest BCUT2D eigenvalue weighted by Gasteiger charge is -2.10. The molecule has 5 heteroatoms. The Morgan fingerprint density at radius 3 is 2.78 bits per heavy atom. The van der Waals surface area contributed by atoms with E-state index in [2.05, 4.69) is 15.4 Å². The normalized spacial score (nSPS) is 10.3. The van der Waals surface area contributed by atoms with Gasteiger partial charge in [-0.3, -0.25) is 0 Å². The van der Waals surface area contributed by atoms with Crippen molar-refractivity contribution in [2.75, 3.05) is 13.7 Å². The lowest BCUT2D eigenvalue weighted by Crippen LogP contribution is -1.97. The highest BCUT2D eigenvalue weighted by Gasteiger charge is 2.06. The van der Waals surface area contributed by atoms with Gasteiger partial charge in [-0.05, 0) is 37.5 Å². The van der Waals surface area contributed by atoms with Crippen LogP contribution in [0.1, 0.15) is 18.2 Å². The van der Waals surface area contributed by atoms with Crippen LogP contribution in [-0.4, -0.2) is 29.1 Å². The van der Waals surface area contributed by atoms with Crippen molar-refractivity contribution < 1.29 is 9.47 Å². The van der Waals surface area contributed by atoms with Gasteiger partial charge in [-0.1, -0.05) is 6.07 Å². The van der Waals surface area contributed by atoms with Gasteiger partial charge in [-0.2, -0.15) is 15.4 Å². The zero-order chi connectivity index (χ0) is 12.8. The first-order valence-electron chi connectivity index (χ1n) is 5.98. The van der Waals surface area contributed by atoms with Gasteiger partial charge in [0.15, 0.2) is 11.5 Å². The summed E-state index contributed by atoms with van der Waals surface area (Å²) in [6.45, 7) is 2.59. The Morgan fingerprint density at radius 1 is 1.22 bits per heavy atom. The van der Waals surface area contributed by atoms with E-state index < -0.39 is 0 Å². The van der Waals surface area contributed by atoms with E-state index in [1.165, 1.54) is 5.56 Å². The van der Waals surface area contributed by atoms with Crippen LogP contribution in [0.2, 0.25) is 0 Å². The predicted octanol–water partition coefficient (Wildman–Crippen LogP) is 2.00. The number of nitrogens with one attached hydrogen (secondary N) is 1. The Labute approximate surface area is 106 Å². The zero-order valence-corrected chi connectivity index (χ0v) is 10.6. The number of hydrogen-bond donors (Lipinski definition) is 1. The molecule has 96 valence electrons. The Bertz CT molecular complexity index is 483. The number of H-pyrrole nitrogens is 1. The number of nitrogens with zero attached hydrogens (tertiary/aromatic N) is 2. The molecule has 0 bridgehead atoms. The molecule has 1 N–H and O–H groups in total. The molecule has 0 aliphatic heterocycles. The molecule has 5 nitrogen and oxygen atoms in total. The third kappa shape index (κ3) is 3.00. The van der Waals surface area contributed by atoms with Crippen LogP contribution in [0.4, 0.5) is 0 Å². The number of aromatic nitrogens is 3. The monoisotopic (exact) mass is 247 g/mol. The van der Waals surface area contributed by atoms with E-state index in [4.69, 9.17) is 9.47 Å². The van der Waals surface area contributed by atoms with E-state index in [1.807, 2.05) is 25.1 Å². The van der Waals surface area contributed by atoms with Gasteiger partial charge in [-0.15, -0.1) is 0 Å². The van der Waals surface area contributed by atoms with Crippen LogP contribution >= 0.6 is 0 Å². The van der Waals surface area contributed by atoms with Crippen LogP contribution in [-0.2, 0) is 12.8 Å². The molecule has 0 aliphatic rings. The van der Waals surface area contributed by atoms with Gasteiger partial charge in [0.1, 0.15) is 0 Å². The van der Waals surface area contributed by atoms with Gasteiger partial charge >= 0.3 is 0 Å². The maximum absolute atomic E-state index is 5.48. The number of benzene rings is 1. The van der Waals surface area contributed by atoms with Gasteiger partial charge < -0.3 is 9.47 Å². The second kappa shape index (κ2) is 6.05.